The lowest BCUT2D eigenvalue weighted by Crippen LogP contribution is -2.74. The summed E-state index contributed by atoms with van der Waals surface area (Å²) in [6, 6.07) is 87.0. The van der Waals surface area contributed by atoms with Crippen LogP contribution in [-0.4, -0.2) is 8.07 Å². The quantitative estimate of drug-likeness (QED) is 0.105. The van der Waals surface area contributed by atoms with E-state index in [1.807, 2.05) is 11.3 Å². The molecule has 10 aromatic rings. The van der Waals surface area contributed by atoms with Gasteiger partial charge in [0.1, 0.15) is 0 Å². The summed E-state index contributed by atoms with van der Waals surface area (Å²) in [5.74, 6) is 0. The van der Waals surface area contributed by atoms with Crippen LogP contribution in [0.25, 0.3) is 42.4 Å². The lowest BCUT2D eigenvalue weighted by Gasteiger charge is -2.34. The van der Waals surface area contributed by atoms with Crippen molar-refractivity contribution in [2.45, 2.75) is 0 Å². The average molecular weight is 762 g/mol. The van der Waals surface area contributed by atoms with Gasteiger partial charge in [-0.2, -0.15) is 0 Å². The van der Waals surface area contributed by atoms with Crippen LogP contribution < -0.4 is 25.6 Å². The third-order valence-electron chi connectivity index (χ3n) is 11.2. The first-order valence-electron chi connectivity index (χ1n) is 19.5. The van der Waals surface area contributed by atoms with Crippen LogP contribution in [0.2, 0.25) is 0 Å². The molecule has 0 N–H and O–H groups in total. The number of benzene rings is 9. The highest BCUT2D eigenvalue weighted by atomic mass is 32.1. The van der Waals surface area contributed by atoms with Gasteiger partial charge in [-0.3, -0.25) is 0 Å². The maximum absolute atomic E-state index is 2.65. The molecule has 1 heterocycles. The molecular weight excluding hydrogens is 723 g/mol. The van der Waals surface area contributed by atoms with Crippen molar-refractivity contribution in [3.63, 3.8) is 0 Å². The number of para-hydroxylation sites is 1. The van der Waals surface area contributed by atoms with Crippen LogP contribution in [0.5, 0.6) is 0 Å². The number of thiophene rings is 1. The van der Waals surface area contributed by atoms with Crippen molar-refractivity contribution in [3.05, 3.63) is 237 Å². The summed E-state index contributed by atoms with van der Waals surface area (Å²) in [4.78, 5) is 2.38. The van der Waals surface area contributed by atoms with Gasteiger partial charge in [-0.15, -0.1) is 11.3 Å². The standard InChI is InChI=1S/C54H39NSSi/c1-6-17-40(18-7-1)43-31-35-53-51(38-43)52-39-46(34-36-54(52)56-53)55(44-20-8-2-9-21-44)45-32-29-41(30-33-45)42-19-16-28-50(37-42)57(47-22-10-3-11-23-47,48-24-12-4-13-25-48)49-26-14-5-15-27-49/h1-39H. The van der Waals surface area contributed by atoms with Crippen molar-refractivity contribution in [1.82, 2.24) is 0 Å². The highest BCUT2D eigenvalue weighted by Crippen LogP contribution is 2.42. The lowest BCUT2D eigenvalue weighted by molar-refractivity contribution is 1.29. The molecule has 0 aliphatic carbocycles. The van der Waals surface area contributed by atoms with Crippen molar-refractivity contribution in [3.8, 4) is 22.3 Å². The van der Waals surface area contributed by atoms with Crippen LogP contribution in [0.1, 0.15) is 0 Å². The topological polar surface area (TPSA) is 3.24 Å². The molecule has 0 bridgehead atoms. The Hall–Kier alpha value is -6.78. The van der Waals surface area contributed by atoms with E-state index in [2.05, 4.69) is 241 Å². The van der Waals surface area contributed by atoms with E-state index >= 15 is 0 Å². The highest BCUT2D eigenvalue weighted by molar-refractivity contribution is 7.25. The second-order valence-electron chi connectivity index (χ2n) is 14.5. The lowest BCUT2D eigenvalue weighted by atomic mass is 10.0. The van der Waals surface area contributed by atoms with Crippen LogP contribution in [0.3, 0.4) is 0 Å². The predicted molar refractivity (Wildman–Crippen MR) is 249 cm³/mol. The number of hydrogen-bond acceptors (Lipinski definition) is 2. The third kappa shape index (κ3) is 6.37. The van der Waals surface area contributed by atoms with Gasteiger partial charge in [-0.25, -0.2) is 0 Å². The Morgan fingerprint density at radius 1 is 0.281 bits per heavy atom. The van der Waals surface area contributed by atoms with E-state index in [9.17, 15) is 0 Å². The van der Waals surface area contributed by atoms with E-state index in [4.69, 9.17) is 0 Å². The maximum atomic E-state index is 2.45. The van der Waals surface area contributed by atoms with E-state index < -0.39 is 8.07 Å². The number of anilines is 3. The minimum Gasteiger partial charge on any atom is -0.310 e. The second kappa shape index (κ2) is 15.0. The Labute approximate surface area is 339 Å². The predicted octanol–water partition coefficient (Wildman–Crippen LogP) is 12.2. The van der Waals surface area contributed by atoms with Gasteiger partial charge >= 0.3 is 0 Å². The fourth-order valence-electron chi connectivity index (χ4n) is 8.54. The first kappa shape index (κ1) is 34.7. The molecule has 0 radical (unpaired) electrons. The number of rotatable bonds is 9. The highest BCUT2D eigenvalue weighted by Gasteiger charge is 2.41. The molecule has 0 amide bonds. The average Bonchev–Trinajstić information content (AvgIpc) is 3.66. The van der Waals surface area contributed by atoms with E-state index in [1.54, 1.807) is 0 Å². The third-order valence-corrected chi connectivity index (χ3v) is 17.1. The molecule has 0 fully saturated rings. The smallest absolute Gasteiger partial charge is 0.179 e. The SMILES string of the molecule is c1ccc(-c2ccc3sc4ccc(N(c5ccccc5)c5ccc(-c6cccc([Si](c7ccccc7)(c7ccccc7)c7ccccc7)c6)cc5)cc4c3c2)cc1. The normalized spacial score (nSPS) is 11.5. The van der Waals surface area contributed by atoms with Crippen molar-refractivity contribution in [1.29, 1.82) is 0 Å². The fraction of sp³-hybridized carbons (Fsp3) is 0. The second-order valence-corrected chi connectivity index (χ2v) is 19.4. The molecule has 1 aromatic heterocycles. The number of fused-ring (bicyclic) bond motifs is 3. The molecule has 57 heavy (non-hydrogen) atoms. The molecule has 0 aliphatic heterocycles. The molecule has 10 rings (SSSR count). The van der Waals surface area contributed by atoms with Gasteiger partial charge in [0.2, 0.25) is 0 Å². The Bertz CT molecular complexity index is 2830. The molecule has 0 spiro atoms. The molecule has 0 aliphatic rings. The first-order valence-corrected chi connectivity index (χ1v) is 22.3. The Morgan fingerprint density at radius 3 is 1.28 bits per heavy atom. The fourth-order valence-corrected chi connectivity index (χ4v) is 14.4. The Kier molecular flexibility index (Phi) is 9.15. The Morgan fingerprint density at radius 2 is 0.684 bits per heavy atom. The summed E-state index contributed by atoms with van der Waals surface area (Å²) in [6.45, 7) is 0. The summed E-state index contributed by atoms with van der Waals surface area (Å²) < 4.78 is 2.60. The van der Waals surface area contributed by atoms with Crippen LogP contribution >= 0.6 is 11.3 Å². The van der Waals surface area contributed by atoms with Gasteiger partial charge in [-0.05, 0) is 97.6 Å². The zero-order chi connectivity index (χ0) is 38.0. The van der Waals surface area contributed by atoms with E-state index in [-0.39, 0.29) is 0 Å². The van der Waals surface area contributed by atoms with Crippen LogP contribution in [-0.2, 0) is 0 Å². The first-order chi connectivity index (χ1) is 28.3. The minimum absolute atomic E-state index is 1.12. The summed E-state index contributed by atoms with van der Waals surface area (Å²) in [7, 11) is -2.65. The van der Waals surface area contributed by atoms with Crippen molar-refractivity contribution in [2.24, 2.45) is 0 Å². The van der Waals surface area contributed by atoms with Gasteiger partial charge in [0.15, 0.2) is 8.07 Å². The van der Waals surface area contributed by atoms with Crippen LogP contribution in [0.15, 0.2) is 237 Å². The van der Waals surface area contributed by atoms with Gasteiger partial charge in [0.25, 0.3) is 0 Å². The van der Waals surface area contributed by atoms with Gasteiger partial charge in [0.05, 0.1) is 0 Å². The van der Waals surface area contributed by atoms with Crippen molar-refractivity contribution < 1.29 is 0 Å². The molecule has 0 saturated heterocycles. The number of hydrogen-bond donors (Lipinski definition) is 0. The molecule has 0 unspecified atom stereocenters. The van der Waals surface area contributed by atoms with Crippen molar-refractivity contribution in [2.75, 3.05) is 4.90 Å². The van der Waals surface area contributed by atoms with Crippen LogP contribution in [0.4, 0.5) is 17.1 Å². The van der Waals surface area contributed by atoms with Gasteiger partial charge < -0.3 is 4.90 Å². The molecule has 0 saturated carbocycles. The minimum atomic E-state index is -2.65. The molecule has 1 nitrogen and oxygen atoms in total. The molecule has 0 atom stereocenters. The van der Waals surface area contributed by atoms with E-state index in [0.717, 1.165) is 17.1 Å². The number of nitrogens with zero attached hydrogens (tertiary/aromatic N) is 1. The molecule has 9 aromatic carbocycles. The van der Waals surface area contributed by atoms with Gasteiger partial charge in [-0.1, -0.05) is 182 Å². The van der Waals surface area contributed by atoms with Crippen molar-refractivity contribution >= 4 is 77.4 Å². The summed E-state index contributed by atoms with van der Waals surface area (Å²) in [6.07, 6.45) is 0. The summed E-state index contributed by atoms with van der Waals surface area (Å²) >= 11 is 1.86. The van der Waals surface area contributed by atoms with Crippen LogP contribution in [0, 0.1) is 0 Å². The molecule has 3 heteroatoms. The molecular formula is C54H39NSSi. The largest absolute Gasteiger partial charge is 0.310 e. The van der Waals surface area contributed by atoms with E-state index in [1.165, 1.54) is 63.2 Å². The van der Waals surface area contributed by atoms with Gasteiger partial charge in [0, 0.05) is 37.2 Å². The summed E-state index contributed by atoms with van der Waals surface area (Å²) in [5.41, 5.74) is 8.26. The monoisotopic (exact) mass is 761 g/mol. The van der Waals surface area contributed by atoms with E-state index in [0.29, 0.717) is 0 Å². The zero-order valence-corrected chi connectivity index (χ0v) is 33.2. The molecule has 270 valence electrons. The Balaban J connectivity index is 1.07. The summed E-state index contributed by atoms with van der Waals surface area (Å²) in [5, 5.41) is 8.07. The maximum Gasteiger partial charge on any atom is 0.179 e. The zero-order valence-electron chi connectivity index (χ0n) is 31.4.